The van der Waals surface area contributed by atoms with Crippen molar-refractivity contribution in [1.29, 1.82) is 0 Å². The Morgan fingerprint density at radius 3 is 2.55 bits per heavy atom. The summed E-state index contributed by atoms with van der Waals surface area (Å²) >= 11 is 0. The molecule has 4 nitrogen and oxygen atoms in total. The van der Waals surface area contributed by atoms with Crippen molar-refractivity contribution in [2.45, 2.75) is 20.3 Å². The van der Waals surface area contributed by atoms with Gasteiger partial charge in [-0.3, -0.25) is 9.59 Å². The van der Waals surface area contributed by atoms with Crippen LogP contribution in [0.2, 0.25) is 0 Å². The zero-order valence-electron chi connectivity index (χ0n) is 13.0. The number of amides is 1. The monoisotopic (exact) mass is 297 g/mol. The predicted octanol–water partition coefficient (Wildman–Crippen LogP) is 3.39. The van der Waals surface area contributed by atoms with E-state index in [1.807, 2.05) is 31.2 Å². The fourth-order valence-corrected chi connectivity index (χ4v) is 2.24. The van der Waals surface area contributed by atoms with E-state index in [4.69, 9.17) is 4.74 Å². The highest BCUT2D eigenvalue weighted by Crippen LogP contribution is 2.21. The number of rotatable bonds is 5. The van der Waals surface area contributed by atoms with Gasteiger partial charge in [-0.2, -0.15) is 0 Å². The first-order chi connectivity index (χ1) is 10.5. The molecule has 0 spiro atoms. The summed E-state index contributed by atoms with van der Waals surface area (Å²) in [6.45, 7) is 3.47. The number of nitrogens with one attached hydrogen (secondary N) is 1. The molecule has 0 bridgehead atoms. The highest BCUT2D eigenvalue weighted by atomic mass is 16.5. The van der Waals surface area contributed by atoms with Crippen LogP contribution in [0.15, 0.2) is 42.5 Å². The van der Waals surface area contributed by atoms with Crippen LogP contribution in [0, 0.1) is 6.92 Å². The second kappa shape index (κ2) is 6.89. The van der Waals surface area contributed by atoms with E-state index in [-0.39, 0.29) is 18.1 Å². The smallest absolute Gasteiger partial charge is 0.228 e. The molecule has 0 aliphatic rings. The lowest BCUT2D eigenvalue weighted by atomic mass is 10.0. The van der Waals surface area contributed by atoms with Crippen LogP contribution < -0.4 is 10.1 Å². The molecule has 1 N–H and O–H groups in total. The molecule has 1 amide bonds. The zero-order chi connectivity index (χ0) is 16.1. The predicted molar refractivity (Wildman–Crippen MR) is 86.5 cm³/mol. The average molecular weight is 297 g/mol. The van der Waals surface area contributed by atoms with Crippen molar-refractivity contribution in [3.8, 4) is 5.75 Å². The van der Waals surface area contributed by atoms with Crippen LogP contribution in [-0.2, 0) is 11.2 Å². The first-order valence-corrected chi connectivity index (χ1v) is 7.04. The lowest BCUT2D eigenvalue weighted by molar-refractivity contribution is -0.115. The maximum absolute atomic E-state index is 12.2. The lowest BCUT2D eigenvalue weighted by Crippen LogP contribution is -2.15. The first-order valence-electron chi connectivity index (χ1n) is 7.04. The summed E-state index contributed by atoms with van der Waals surface area (Å²) < 4.78 is 5.26. The van der Waals surface area contributed by atoms with Crippen molar-refractivity contribution in [1.82, 2.24) is 0 Å². The van der Waals surface area contributed by atoms with Crippen LogP contribution in [0.1, 0.15) is 28.4 Å². The van der Waals surface area contributed by atoms with Crippen LogP contribution in [0.25, 0.3) is 0 Å². The van der Waals surface area contributed by atoms with Crippen molar-refractivity contribution >= 4 is 17.4 Å². The van der Waals surface area contributed by atoms with E-state index in [1.54, 1.807) is 25.3 Å². The Kier molecular flexibility index (Phi) is 4.94. The Bertz CT molecular complexity index is 707. The molecule has 0 aliphatic heterocycles. The molecule has 0 unspecified atom stereocenters. The van der Waals surface area contributed by atoms with Crippen LogP contribution >= 0.6 is 0 Å². The molecule has 0 radical (unpaired) electrons. The van der Waals surface area contributed by atoms with E-state index in [0.717, 1.165) is 11.3 Å². The van der Waals surface area contributed by atoms with Gasteiger partial charge in [-0.25, -0.2) is 0 Å². The fourth-order valence-electron chi connectivity index (χ4n) is 2.24. The number of hydrogen-bond donors (Lipinski definition) is 1. The van der Waals surface area contributed by atoms with Gasteiger partial charge < -0.3 is 10.1 Å². The number of ketones is 1. The van der Waals surface area contributed by atoms with Gasteiger partial charge in [0.15, 0.2) is 5.78 Å². The van der Waals surface area contributed by atoms with Crippen LogP contribution in [0.4, 0.5) is 5.69 Å². The molecule has 0 aliphatic carbocycles. The van der Waals surface area contributed by atoms with E-state index in [9.17, 15) is 9.59 Å². The third-order valence-electron chi connectivity index (χ3n) is 3.34. The van der Waals surface area contributed by atoms with Gasteiger partial charge in [0.25, 0.3) is 0 Å². The van der Waals surface area contributed by atoms with E-state index in [0.29, 0.717) is 16.9 Å². The minimum absolute atomic E-state index is 0.0389. The van der Waals surface area contributed by atoms with Gasteiger partial charge >= 0.3 is 0 Å². The molecule has 2 rings (SSSR count). The second-order valence-electron chi connectivity index (χ2n) is 5.18. The van der Waals surface area contributed by atoms with E-state index < -0.39 is 0 Å². The van der Waals surface area contributed by atoms with Gasteiger partial charge in [0.1, 0.15) is 5.75 Å². The van der Waals surface area contributed by atoms with Crippen molar-refractivity contribution in [2.24, 2.45) is 0 Å². The SMILES string of the molecule is COc1ccc(C(C)=O)cc1CC(=O)Nc1cccc(C)c1. The summed E-state index contributed by atoms with van der Waals surface area (Å²) in [5.41, 5.74) is 3.10. The molecule has 4 heteroatoms. The summed E-state index contributed by atoms with van der Waals surface area (Å²) in [6, 6.07) is 12.7. The first kappa shape index (κ1) is 15.8. The fraction of sp³-hybridized carbons (Fsp3) is 0.222. The van der Waals surface area contributed by atoms with Crippen LogP contribution in [0.5, 0.6) is 5.75 Å². The summed E-state index contributed by atoms with van der Waals surface area (Å²) in [6.07, 6.45) is 0.151. The molecule has 0 heterocycles. The maximum atomic E-state index is 12.2. The number of anilines is 1. The quantitative estimate of drug-likeness (QED) is 0.861. The number of Topliss-reactive ketones (excluding diaryl/α,β-unsaturated/α-hetero) is 1. The van der Waals surface area contributed by atoms with Gasteiger partial charge in [0, 0.05) is 16.8 Å². The number of aryl methyl sites for hydroxylation is 1. The van der Waals surface area contributed by atoms with Crippen molar-refractivity contribution in [3.05, 3.63) is 59.2 Å². The third kappa shape index (κ3) is 3.95. The molecule has 0 saturated heterocycles. The topological polar surface area (TPSA) is 55.4 Å². The Morgan fingerprint density at radius 1 is 1.14 bits per heavy atom. The van der Waals surface area contributed by atoms with Gasteiger partial charge in [-0.05, 0) is 49.7 Å². The maximum Gasteiger partial charge on any atom is 0.228 e. The molecule has 114 valence electrons. The molecule has 0 fully saturated rings. The lowest BCUT2D eigenvalue weighted by Gasteiger charge is -2.10. The second-order valence-corrected chi connectivity index (χ2v) is 5.18. The Hall–Kier alpha value is -2.62. The molecule has 0 atom stereocenters. The number of ether oxygens (including phenoxy) is 1. The molecule has 2 aromatic rings. The number of carbonyl (C=O) groups excluding carboxylic acids is 2. The van der Waals surface area contributed by atoms with Crippen LogP contribution in [0.3, 0.4) is 0 Å². The van der Waals surface area contributed by atoms with Crippen LogP contribution in [-0.4, -0.2) is 18.8 Å². The van der Waals surface area contributed by atoms with E-state index in [2.05, 4.69) is 5.32 Å². The summed E-state index contributed by atoms with van der Waals surface area (Å²) in [7, 11) is 1.55. The molecular formula is C18H19NO3. The standard InChI is InChI=1S/C18H19NO3/c1-12-5-4-6-16(9-12)19-18(21)11-15-10-14(13(2)20)7-8-17(15)22-3/h4-10H,11H2,1-3H3,(H,19,21). The number of carbonyl (C=O) groups is 2. The highest BCUT2D eigenvalue weighted by molar-refractivity contribution is 5.96. The number of methoxy groups -OCH3 is 1. The van der Waals surface area contributed by atoms with E-state index >= 15 is 0 Å². The summed E-state index contributed by atoms with van der Waals surface area (Å²) in [5, 5.41) is 2.85. The van der Waals surface area contributed by atoms with Gasteiger partial charge in [-0.15, -0.1) is 0 Å². The highest BCUT2D eigenvalue weighted by Gasteiger charge is 2.11. The van der Waals surface area contributed by atoms with Crippen molar-refractivity contribution < 1.29 is 14.3 Å². The number of benzene rings is 2. The summed E-state index contributed by atoms with van der Waals surface area (Å²) in [4.78, 5) is 23.7. The van der Waals surface area contributed by atoms with E-state index in [1.165, 1.54) is 6.92 Å². The minimum Gasteiger partial charge on any atom is -0.496 e. The molecular weight excluding hydrogens is 278 g/mol. The Balaban J connectivity index is 2.16. The number of hydrogen-bond acceptors (Lipinski definition) is 3. The Labute approximate surface area is 130 Å². The average Bonchev–Trinajstić information content (AvgIpc) is 2.47. The molecule has 2 aromatic carbocycles. The Morgan fingerprint density at radius 2 is 1.91 bits per heavy atom. The third-order valence-corrected chi connectivity index (χ3v) is 3.34. The minimum atomic E-state index is -0.149. The van der Waals surface area contributed by atoms with Gasteiger partial charge in [0.05, 0.1) is 13.5 Å². The zero-order valence-corrected chi connectivity index (χ0v) is 13.0. The molecule has 0 aromatic heterocycles. The normalized spacial score (nSPS) is 10.1. The largest absolute Gasteiger partial charge is 0.496 e. The van der Waals surface area contributed by atoms with Crippen molar-refractivity contribution in [2.75, 3.05) is 12.4 Å². The molecule has 22 heavy (non-hydrogen) atoms. The van der Waals surface area contributed by atoms with Gasteiger partial charge in [-0.1, -0.05) is 12.1 Å². The molecule has 0 saturated carbocycles. The van der Waals surface area contributed by atoms with Gasteiger partial charge in [0.2, 0.25) is 5.91 Å². The summed E-state index contributed by atoms with van der Waals surface area (Å²) in [5.74, 6) is 0.414. The van der Waals surface area contributed by atoms with Crippen molar-refractivity contribution in [3.63, 3.8) is 0 Å².